The Labute approximate surface area is 146 Å². The van der Waals surface area contributed by atoms with Crippen LogP contribution in [0.15, 0.2) is 24.3 Å². The van der Waals surface area contributed by atoms with E-state index in [1.807, 2.05) is 0 Å². The molecule has 2 saturated carbocycles. The number of hydrogen-bond acceptors (Lipinski definition) is 3. The molecule has 1 saturated heterocycles. The molecule has 1 aromatic carbocycles. The largest absolute Gasteiger partial charge is 0.489 e. The van der Waals surface area contributed by atoms with Gasteiger partial charge in [-0.1, -0.05) is 37.5 Å². The van der Waals surface area contributed by atoms with Crippen molar-refractivity contribution in [1.82, 2.24) is 10.2 Å². The first-order valence-corrected chi connectivity index (χ1v) is 10.0. The van der Waals surface area contributed by atoms with Gasteiger partial charge in [-0.3, -0.25) is 4.90 Å². The van der Waals surface area contributed by atoms with E-state index in [4.69, 9.17) is 4.74 Å². The van der Waals surface area contributed by atoms with Gasteiger partial charge in [0.2, 0.25) is 0 Å². The second-order valence-electron chi connectivity index (χ2n) is 7.92. The average molecular weight is 329 g/mol. The number of nitrogens with one attached hydrogen (secondary N) is 1. The normalized spacial score (nSPS) is 34.5. The fourth-order valence-electron chi connectivity index (χ4n) is 5.15. The van der Waals surface area contributed by atoms with Gasteiger partial charge in [0, 0.05) is 31.2 Å². The maximum atomic E-state index is 6.57. The smallest absolute Gasteiger partial charge is 0.122 e. The van der Waals surface area contributed by atoms with E-state index in [9.17, 15) is 0 Å². The monoisotopic (exact) mass is 328 g/mol. The van der Waals surface area contributed by atoms with Crippen LogP contribution in [-0.4, -0.2) is 42.2 Å². The molecule has 4 atom stereocenters. The van der Waals surface area contributed by atoms with Crippen LogP contribution < -0.4 is 10.1 Å². The van der Waals surface area contributed by atoms with Crippen LogP contribution in [0.2, 0.25) is 0 Å². The lowest BCUT2D eigenvalue weighted by Crippen LogP contribution is -2.64. The quantitative estimate of drug-likeness (QED) is 0.911. The lowest BCUT2D eigenvalue weighted by Gasteiger charge is -2.50. The molecule has 1 heterocycles. The molecule has 132 valence electrons. The third-order valence-corrected chi connectivity index (χ3v) is 6.40. The van der Waals surface area contributed by atoms with Gasteiger partial charge < -0.3 is 10.1 Å². The molecule has 3 nitrogen and oxygen atoms in total. The maximum absolute atomic E-state index is 6.57. The first-order chi connectivity index (χ1) is 11.8. The highest BCUT2D eigenvalue weighted by Gasteiger charge is 2.40. The van der Waals surface area contributed by atoms with E-state index in [0.717, 1.165) is 18.3 Å². The van der Waals surface area contributed by atoms with Gasteiger partial charge in [0.25, 0.3) is 0 Å². The van der Waals surface area contributed by atoms with Gasteiger partial charge in [-0.2, -0.15) is 0 Å². The summed E-state index contributed by atoms with van der Waals surface area (Å²) in [5.41, 5.74) is 1.26. The molecule has 0 amide bonds. The highest BCUT2D eigenvalue weighted by Crippen LogP contribution is 2.34. The summed E-state index contributed by atoms with van der Waals surface area (Å²) >= 11 is 0. The number of para-hydroxylation sites is 1. The van der Waals surface area contributed by atoms with Gasteiger partial charge in [0.05, 0.1) is 0 Å². The molecule has 0 aromatic heterocycles. The highest BCUT2D eigenvalue weighted by molar-refractivity contribution is 5.32. The molecule has 0 bridgehead atoms. The van der Waals surface area contributed by atoms with Crippen molar-refractivity contribution in [2.24, 2.45) is 0 Å². The summed E-state index contributed by atoms with van der Waals surface area (Å²) in [6, 6.07) is 10.6. The lowest BCUT2D eigenvalue weighted by atomic mass is 9.83. The van der Waals surface area contributed by atoms with Crippen LogP contribution in [-0.2, 0) is 0 Å². The lowest BCUT2D eigenvalue weighted by molar-refractivity contribution is -0.0218. The molecule has 1 N–H and O–H groups in total. The van der Waals surface area contributed by atoms with Gasteiger partial charge in [-0.05, 0) is 50.7 Å². The summed E-state index contributed by atoms with van der Waals surface area (Å²) in [4.78, 5) is 2.84. The molecule has 3 aliphatic rings. The third-order valence-electron chi connectivity index (χ3n) is 6.40. The van der Waals surface area contributed by atoms with Crippen LogP contribution in [0.3, 0.4) is 0 Å². The zero-order valence-corrected chi connectivity index (χ0v) is 15.0. The molecule has 0 radical (unpaired) electrons. The maximum Gasteiger partial charge on any atom is 0.122 e. The first-order valence-electron chi connectivity index (χ1n) is 10.0. The Morgan fingerprint density at radius 2 is 1.71 bits per heavy atom. The Morgan fingerprint density at radius 1 is 0.958 bits per heavy atom. The molecule has 0 unspecified atom stereocenters. The summed E-state index contributed by atoms with van der Waals surface area (Å²) in [7, 11) is 0. The minimum absolute atomic E-state index is 0.362. The molecule has 3 fully saturated rings. The Kier molecular flexibility index (Phi) is 5.09. The minimum Gasteiger partial charge on any atom is -0.489 e. The van der Waals surface area contributed by atoms with Gasteiger partial charge in [-0.15, -0.1) is 0 Å². The van der Waals surface area contributed by atoms with E-state index in [1.165, 1.54) is 63.5 Å². The Bertz CT molecular complexity index is 544. The van der Waals surface area contributed by atoms with Crippen molar-refractivity contribution in [2.75, 3.05) is 13.1 Å². The molecule has 2 aliphatic carbocycles. The number of hydrogen-bond donors (Lipinski definition) is 1. The van der Waals surface area contributed by atoms with E-state index < -0.39 is 0 Å². The Balaban J connectivity index is 1.52. The minimum atomic E-state index is 0.362. The topological polar surface area (TPSA) is 24.5 Å². The predicted octanol–water partition coefficient (Wildman–Crippen LogP) is 3.90. The second kappa shape index (κ2) is 7.45. The molecule has 4 rings (SSSR count). The van der Waals surface area contributed by atoms with Crippen molar-refractivity contribution in [3.8, 4) is 5.75 Å². The van der Waals surface area contributed by atoms with Crippen LogP contribution in [0.25, 0.3) is 0 Å². The number of aryl methyl sites for hydroxylation is 1. The van der Waals surface area contributed by atoms with Gasteiger partial charge in [0.1, 0.15) is 11.9 Å². The van der Waals surface area contributed by atoms with E-state index >= 15 is 0 Å². The Hall–Kier alpha value is -1.06. The van der Waals surface area contributed by atoms with Crippen LogP contribution in [0.4, 0.5) is 0 Å². The molecule has 0 spiro atoms. The number of nitrogens with zero attached hydrogens (tertiary/aromatic N) is 1. The molecular formula is C21H32N2O. The Morgan fingerprint density at radius 3 is 2.58 bits per heavy atom. The van der Waals surface area contributed by atoms with Gasteiger partial charge in [0.15, 0.2) is 0 Å². The van der Waals surface area contributed by atoms with E-state index in [0.29, 0.717) is 18.2 Å². The number of benzene rings is 1. The molecule has 1 aromatic rings. The van der Waals surface area contributed by atoms with E-state index in [1.54, 1.807) is 0 Å². The summed E-state index contributed by atoms with van der Waals surface area (Å²) in [6.45, 7) is 4.50. The summed E-state index contributed by atoms with van der Waals surface area (Å²) < 4.78 is 6.57. The van der Waals surface area contributed by atoms with Crippen LogP contribution >= 0.6 is 0 Å². The fourth-order valence-corrected chi connectivity index (χ4v) is 5.15. The standard InChI is InChI=1S/C21H32N2O/c1-16-8-2-6-12-20(16)24-21-13-7-5-11-19(21)23-15-14-22-17-9-3-4-10-18(17)23/h2,6,8,12,17-19,21-22H,3-5,7,9-11,13-15H2,1H3/t17-,18+,19-,21+/m1/s1. The van der Waals surface area contributed by atoms with Crippen LogP contribution in [0.5, 0.6) is 5.75 Å². The SMILES string of the molecule is Cc1ccccc1O[C@H]1CCCC[C@H]1N1CCN[C@@H]2CCCC[C@@H]21. The fraction of sp³-hybridized carbons (Fsp3) is 0.714. The molecule has 3 heteroatoms. The van der Waals surface area contributed by atoms with Crippen molar-refractivity contribution in [3.63, 3.8) is 0 Å². The second-order valence-corrected chi connectivity index (χ2v) is 7.92. The summed E-state index contributed by atoms with van der Waals surface area (Å²) in [6.07, 6.45) is 11.1. The number of ether oxygens (including phenoxy) is 1. The van der Waals surface area contributed by atoms with Crippen molar-refractivity contribution < 1.29 is 4.74 Å². The third kappa shape index (κ3) is 3.34. The van der Waals surface area contributed by atoms with Crippen molar-refractivity contribution in [1.29, 1.82) is 0 Å². The van der Waals surface area contributed by atoms with E-state index in [-0.39, 0.29) is 0 Å². The molecule has 24 heavy (non-hydrogen) atoms. The van der Waals surface area contributed by atoms with Gasteiger partial charge >= 0.3 is 0 Å². The highest BCUT2D eigenvalue weighted by atomic mass is 16.5. The van der Waals surface area contributed by atoms with Gasteiger partial charge in [-0.25, -0.2) is 0 Å². The van der Waals surface area contributed by atoms with Crippen LogP contribution in [0.1, 0.15) is 56.9 Å². The van der Waals surface area contributed by atoms with Crippen molar-refractivity contribution in [2.45, 2.75) is 82.5 Å². The zero-order chi connectivity index (χ0) is 16.4. The van der Waals surface area contributed by atoms with E-state index in [2.05, 4.69) is 41.4 Å². The summed E-state index contributed by atoms with van der Waals surface area (Å²) in [5, 5.41) is 3.78. The average Bonchev–Trinajstić information content (AvgIpc) is 2.64. The molecule has 1 aliphatic heterocycles. The van der Waals surface area contributed by atoms with Crippen molar-refractivity contribution in [3.05, 3.63) is 29.8 Å². The number of rotatable bonds is 3. The predicted molar refractivity (Wildman–Crippen MR) is 98.6 cm³/mol. The van der Waals surface area contributed by atoms with Crippen molar-refractivity contribution >= 4 is 0 Å². The number of piperazine rings is 1. The first kappa shape index (κ1) is 16.4. The number of fused-ring (bicyclic) bond motifs is 1. The van der Waals surface area contributed by atoms with Crippen LogP contribution in [0, 0.1) is 6.92 Å². The zero-order valence-electron chi connectivity index (χ0n) is 15.0. The summed E-state index contributed by atoms with van der Waals surface area (Å²) in [5.74, 6) is 1.09. The molecular weight excluding hydrogens is 296 g/mol.